The normalized spacial score (nSPS) is 15.4. The van der Waals surface area contributed by atoms with Crippen LogP contribution in [0.2, 0.25) is 5.02 Å². The van der Waals surface area contributed by atoms with Gasteiger partial charge < -0.3 is 14.9 Å². The smallest absolute Gasteiger partial charge is 0.425 e. The highest BCUT2D eigenvalue weighted by Gasteiger charge is 2.39. The Balaban J connectivity index is 1.86. The zero-order valence-electron chi connectivity index (χ0n) is 16.7. The van der Waals surface area contributed by atoms with E-state index in [0.29, 0.717) is 16.3 Å². The molecule has 166 valence electrons. The van der Waals surface area contributed by atoms with Crippen LogP contribution in [-0.2, 0) is 4.84 Å². The molecule has 0 aliphatic heterocycles. The fraction of sp³-hybridized carbons (Fsp3) is 0.400. The van der Waals surface area contributed by atoms with Crippen molar-refractivity contribution < 1.29 is 27.5 Å². The molecular weight excluding hydrogens is 437 g/mol. The molecule has 1 aromatic heterocycles. The summed E-state index contributed by atoms with van der Waals surface area (Å²) in [6, 6.07) is 7.63. The molecule has 0 bridgehead atoms. The number of carbonyl (C=O) groups excluding carboxylic acids is 1. The van der Waals surface area contributed by atoms with Crippen molar-refractivity contribution in [2.45, 2.75) is 32.0 Å². The summed E-state index contributed by atoms with van der Waals surface area (Å²) in [6.45, 7) is 1.03. The summed E-state index contributed by atoms with van der Waals surface area (Å²) >= 11 is 5.90. The fourth-order valence-electron chi connectivity index (χ4n) is 2.70. The minimum Gasteiger partial charge on any atom is -0.463 e. The van der Waals surface area contributed by atoms with Gasteiger partial charge in [0.25, 0.3) is 5.91 Å². The van der Waals surface area contributed by atoms with Crippen LogP contribution >= 0.6 is 11.6 Å². The molecule has 1 unspecified atom stereocenters. The number of hydrogen-bond acceptors (Lipinski definition) is 6. The third-order valence-corrected chi connectivity index (χ3v) is 4.84. The molecule has 0 saturated heterocycles. The number of hydrogen-bond donors (Lipinski definition) is 1. The van der Waals surface area contributed by atoms with Crippen molar-refractivity contribution in [1.82, 2.24) is 15.5 Å². The van der Waals surface area contributed by atoms with Gasteiger partial charge in [0, 0.05) is 16.5 Å². The predicted molar refractivity (Wildman–Crippen MR) is 108 cm³/mol. The van der Waals surface area contributed by atoms with Crippen LogP contribution in [-0.4, -0.2) is 47.8 Å². The molecule has 0 spiro atoms. The van der Waals surface area contributed by atoms with Crippen LogP contribution in [0.1, 0.15) is 30.3 Å². The molecular formula is C20H20ClF3N4O3. The van der Waals surface area contributed by atoms with Crippen molar-refractivity contribution in [1.29, 1.82) is 0 Å². The van der Waals surface area contributed by atoms with Gasteiger partial charge in [-0.05, 0) is 43.5 Å². The van der Waals surface area contributed by atoms with E-state index in [1.54, 1.807) is 24.3 Å². The third-order valence-electron chi connectivity index (χ3n) is 4.58. The zero-order chi connectivity index (χ0) is 22.6. The van der Waals surface area contributed by atoms with Gasteiger partial charge in [-0.1, -0.05) is 28.9 Å². The van der Waals surface area contributed by atoms with Crippen molar-refractivity contribution in [2.75, 3.05) is 13.7 Å². The molecule has 1 amide bonds. The molecule has 0 radical (unpaired) electrons. The Kier molecular flexibility index (Phi) is 6.99. The molecule has 1 fully saturated rings. The Morgan fingerprint density at radius 3 is 2.55 bits per heavy atom. The van der Waals surface area contributed by atoms with Gasteiger partial charge in [0.05, 0.1) is 12.3 Å². The second-order valence-corrected chi connectivity index (χ2v) is 7.42. The van der Waals surface area contributed by atoms with Gasteiger partial charge in [0.15, 0.2) is 11.8 Å². The summed E-state index contributed by atoms with van der Waals surface area (Å²) in [4.78, 5) is 17.4. The number of ether oxygens (including phenoxy) is 1. The summed E-state index contributed by atoms with van der Waals surface area (Å²) in [5.41, 5.74) is 1.28. The maximum Gasteiger partial charge on any atom is 0.425 e. The first-order valence-electron chi connectivity index (χ1n) is 9.44. The van der Waals surface area contributed by atoms with Gasteiger partial charge in [-0.25, -0.2) is 0 Å². The lowest BCUT2D eigenvalue weighted by atomic mass is 10.1. The van der Waals surface area contributed by atoms with E-state index in [-0.39, 0.29) is 29.6 Å². The maximum absolute atomic E-state index is 13.0. The van der Waals surface area contributed by atoms with Gasteiger partial charge in [0.2, 0.25) is 5.88 Å². The van der Waals surface area contributed by atoms with Crippen molar-refractivity contribution in [2.24, 2.45) is 11.1 Å². The van der Waals surface area contributed by atoms with Gasteiger partial charge in [-0.2, -0.15) is 13.2 Å². The van der Waals surface area contributed by atoms with E-state index in [0.717, 1.165) is 19.8 Å². The minimum absolute atomic E-state index is 0.0791. The monoisotopic (exact) mass is 456 g/mol. The fourth-order valence-corrected chi connectivity index (χ4v) is 2.82. The lowest BCUT2D eigenvalue weighted by molar-refractivity contribution is -0.189. The van der Waals surface area contributed by atoms with Gasteiger partial charge >= 0.3 is 6.18 Å². The summed E-state index contributed by atoms with van der Waals surface area (Å²) in [6.07, 6.45) is -4.75. The molecule has 1 atom stereocenters. The first-order valence-corrected chi connectivity index (χ1v) is 9.82. The highest BCUT2D eigenvalue weighted by atomic mass is 35.5. The van der Waals surface area contributed by atoms with Crippen LogP contribution in [0, 0.1) is 5.92 Å². The zero-order valence-corrected chi connectivity index (χ0v) is 17.5. The Morgan fingerprint density at radius 2 is 1.97 bits per heavy atom. The SMILES string of the molecule is CON=C(CNC(=O)c1cc(-c2ccc(Cl)cc2)c(OC(C)C(F)(F)F)nn1)C1CC1. The highest BCUT2D eigenvalue weighted by molar-refractivity contribution is 6.30. The number of nitrogens with zero attached hydrogens (tertiary/aromatic N) is 3. The van der Waals surface area contributed by atoms with Gasteiger partial charge in [0.1, 0.15) is 7.11 Å². The topological polar surface area (TPSA) is 85.7 Å². The molecule has 1 aliphatic rings. The van der Waals surface area contributed by atoms with Crippen LogP contribution in [0.3, 0.4) is 0 Å². The highest BCUT2D eigenvalue weighted by Crippen LogP contribution is 2.33. The van der Waals surface area contributed by atoms with E-state index in [4.69, 9.17) is 21.2 Å². The van der Waals surface area contributed by atoms with Crippen LogP contribution in [0.25, 0.3) is 11.1 Å². The molecule has 1 saturated carbocycles. The number of amides is 1. The Morgan fingerprint density at radius 1 is 1.29 bits per heavy atom. The second kappa shape index (κ2) is 9.51. The average molecular weight is 457 g/mol. The van der Waals surface area contributed by atoms with E-state index in [1.165, 1.54) is 13.2 Å². The second-order valence-electron chi connectivity index (χ2n) is 6.98. The van der Waals surface area contributed by atoms with Crippen LogP contribution in [0.5, 0.6) is 5.88 Å². The molecule has 11 heteroatoms. The number of aromatic nitrogens is 2. The summed E-state index contributed by atoms with van der Waals surface area (Å²) in [5.74, 6) is -0.624. The quantitative estimate of drug-likeness (QED) is 0.473. The Bertz CT molecular complexity index is 963. The number of alkyl halides is 3. The van der Waals surface area contributed by atoms with Crippen molar-refractivity contribution in [3.8, 4) is 17.0 Å². The molecule has 3 rings (SSSR count). The largest absolute Gasteiger partial charge is 0.463 e. The number of benzene rings is 1. The van der Waals surface area contributed by atoms with E-state index >= 15 is 0 Å². The Hall–Kier alpha value is -2.88. The van der Waals surface area contributed by atoms with Crippen LogP contribution in [0.4, 0.5) is 13.2 Å². The van der Waals surface area contributed by atoms with E-state index < -0.39 is 18.2 Å². The maximum atomic E-state index is 13.0. The molecule has 1 heterocycles. The van der Waals surface area contributed by atoms with Gasteiger partial charge in [-0.15, -0.1) is 10.2 Å². The molecule has 1 aromatic carbocycles. The van der Waals surface area contributed by atoms with Crippen molar-refractivity contribution >= 4 is 23.2 Å². The molecule has 1 N–H and O–H groups in total. The summed E-state index contributed by atoms with van der Waals surface area (Å²) in [7, 11) is 1.43. The number of carbonyl (C=O) groups is 1. The molecule has 1 aliphatic carbocycles. The summed E-state index contributed by atoms with van der Waals surface area (Å²) < 4.78 is 43.9. The number of nitrogens with one attached hydrogen (secondary N) is 1. The van der Waals surface area contributed by atoms with Crippen molar-refractivity contribution in [3.05, 3.63) is 41.0 Å². The average Bonchev–Trinajstić information content (AvgIpc) is 3.56. The van der Waals surface area contributed by atoms with Crippen LogP contribution in [0.15, 0.2) is 35.5 Å². The standard InChI is InChI=1S/C20H20ClF3N4O3/c1-11(20(22,23)24)31-19-15(12-5-7-14(21)8-6-12)9-16(26-27-19)18(29)25-10-17(28-30-2)13-3-4-13/h5-9,11,13H,3-4,10H2,1-2H3,(H,25,29). The van der Waals surface area contributed by atoms with E-state index in [2.05, 4.69) is 20.7 Å². The lowest BCUT2D eigenvalue weighted by Gasteiger charge is -2.19. The lowest BCUT2D eigenvalue weighted by Crippen LogP contribution is -2.32. The number of oxime groups is 1. The van der Waals surface area contributed by atoms with Gasteiger partial charge in [-0.3, -0.25) is 4.79 Å². The first kappa shape index (κ1) is 22.8. The Labute approximate surface area is 181 Å². The minimum atomic E-state index is -4.59. The van der Waals surface area contributed by atoms with Crippen LogP contribution < -0.4 is 10.1 Å². The molecule has 31 heavy (non-hydrogen) atoms. The van der Waals surface area contributed by atoms with Crippen molar-refractivity contribution in [3.63, 3.8) is 0 Å². The summed E-state index contributed by atoms with van der Waals surface area (Å²) in [5, 5.41) is 14.5. The molecule has 7 nitrogen and oxygen atoms in total. The first-order chi connectivity index (χ1) is 14.7. The number of rotatable bonds is 8. The number of halogens is 4. The van der Waals surface area contributed by atoms with E-state index in [1.807, 2.05) is 0 Å². The van der Waals surface area contributed by atoms with E-state index in [9.17, 15) is 18.0 Å². The third kappa shape index (κ3) is 6.06. The molecule has 2 aromatic rings. The predicted octanol–water partition coefficient (Wildman–Crippen LogP) is 4.27.